The van der Waals surface area contributed by atoms with E-state index in [9.17, 15) is 4.79 Å². The van der Waals surface area contributed by atoms with Gasteiger partial charge in [0, 0.05) is 23.0 Å². The molecule has 0 saturated heterocycles. The first-order chi connectivity index (χ1) is 17.1. The summed E-state index contributed by atoms with van der Waals surface area (Å²) in [5.41, 5.74) is 2.10. The van der Waals surface area contributed by atoms with Gasteiger partial charge in [-0.1, -0.05) is 0 Å². The Balaban J connectivity index is 1.62. The Bertz CT molecular complexity index is 1250. The number of hydrogen-bond donors (Lipinski definition) is 2. The molecule has 0 saturated carbocycles. The van der Waals surface area contributed by atoms with E-state index in [1.54, 1.807) is 37.4 Å². The van der Waals surface area contributed by atoms with Crippen molar-refractivity contribution in [1.29, 1.82) is 0 Å². The molecule has 180 valence electrons. The molecular weight excluding hydrogens is 444 g/mol. The van der Waals surface area contributed by atoms with E-state index in [-0.39, 0.29) is 5.91 Å². The lowest BCUT2D eigenvalue weighted by Crippen LogP contribution is -2.16. The van der Waals surface area contributed by atoms with Crippen LogP contribution < -0.4 is 24.8 Å². The van der Waals surface area contributed by atoms with Crippen LogP contribution >= 0.6 is 0 Å². The molecular formula is C27H28N4O4. The minimum atomic E-state index is -0.277. The Morgan fingerprint density at radius 2 is 1.29 bits per heavy atom. The second-order valence-electron chi connectivity index (χ2n) is 7.53. The molecule has 0 amide bonds. The highest BCUT2D eigenvalue weighted by molar-refractivity contribution is 5.98. The van der Waals surface area contributed by atoms with Gasteiger partial charge >= 0.3 is 0 Å². The highest BCUT2D eigenvalue weighted by Crippen LogP contribution is 2.26. The zero-order chi connectivity index (χ0) is 24.6. The Morgan fingerprint density at radius 3 is 1.80 bits per heavy atom. The number of carbonyl (C=O) groups excluding carboxylic acids is 1. The highest BCUT2D eigenvalue weighted by Gasteiger charge is 2.17. The summed E-state index contributed by atoms with van der Waals surface area (Å²) >= 11 is 0. The molecule has 8 nitrogen and oxygen atoms in total. The van der Waals surface area contributed by atoms with Gasteiger partial charge in [-0.25, -0.2) is 0 Å². The van der Waals surface area contributed by atoms with Gasteiger partial charge in [0.05, 0.1) is 20.3 Å². The van der Waals surface area contributed by atoms with Crippen molar-refractivity contribution in [1.82, 2.24) is 9.78 Å². The normalized spacial score (nSPS) is 10.5. The molecule has 0 spiro atoms. The van der Waals surface area contributed by atoms with Crippen molar-refractivity contribution in [3.8, 4) is 17.2 Å². The van der Waals surface area contributed by atoms with Crippen molar-refractivity contribution < 1.29 is 19.0 Å². The van der Waals surface area contributed by atoms with Crippen LogP contribution in [0.1, 0.15) is 24.2 Å². The maximum absolute atomic E-state index is 13.3. The Labute approximate surface area is 204 Å². The van der Waals surface area contributed by atoms with E-state index in [2.05, 4.69) is 15.7 Å². The van der Waals surface area contributed by atoms with Gasteiger partial charge in [0.15, 0.2) is 5.82 Å². The lowest BCUT2D eigenvalue weighted by molar-refractivity contribution is 0.0948. The monoisotopic (exact) mass is 472 g/mol. The van der Waals surface area contributed by atoms with Gasteiger partial charge in [0.25, 0.3) is 5.91 Å². The van der Waals surface area contributed by atoms with Crippen LogP contribution in [0.25, 0.3) is 0 Å². The van der Waals surface area contributed by atoms with E-state index in [4.69, 9.17) is 14.2 Å². The molecule has 0 atom stereocenters. The van der Waals surface area contributed by atoms with E-state index in [0.717, 1.165) is 22.9 Å². The number of nitrogens with one attached hydrogen (secondary N) is 2. The van der Waals surface area contributed by atoms with Crippen LogP contribution in [0.15, 0.2) is 78.9 Å². The van der Waals surface area contributed by atoms with Gasteiger partial charge < -0.3 is 24.8 Å². The first-order valence-corrected chi connectivity index (χ1v) is 11.4. The summed E-state index contributed by atoms with van der Waals surface area (Å²) in [6.07, 6.45) is 0. The minimum absolute atomic E-state index is 0.277. The second-order valence-corrected chi connectivity index (χ2v) is 7.53. The first kappa shape index (κ1) is 23.7. The van der Waals surface area contributed by atoms with Crippen molar-refractivity contribution in [3.05, 3.63) is 84.4 Å². The van der Waals surface area contributed by atoms with E-state index >= 15 is 0 Å². The molecule has 0 aliphatic carbocycles. The molecule has 4 aromatic rings. The molecule has 2 N–H and O–H groups in total. The first-order valence-electron chi connectivity index (χ1n) is 11.4. The molecule has 3 aromatic carbocycles. The molecule has 0 fully saturated rings. The Morgan fingerprint density at radius 1 is 0.771 bits per heavy atom. The zero-order valence-corrected chi connectivity index (χ0v) is 19.9. The van der Waals surface area contributed by atoms with E-state index in [1.807, 2.05) is 62.4 Å². The number of anilines is 4. The number of methoxy groups -OCH3 is 1. The molecule has 0 bridgehead atoms. The number of aromatic nitrogens is 2. The predicted molar refractivity (Wildman–Crippen MR) is 137 cm³/mol. The van der Waals surface area contributed by atoms with E-state index in [1.165, 1.54) is 4.68 Å². The summed E-state index contributed by atoms with van der Waals surface area (Å²) in [6, 6.07) is 23.8. The SMILES string of the molecule is CCOc1ccc(Nc2cc(Nc3ccc(OCC)cc3)n(C(=O)c3ccc(OC)cc3)n2)cc1. The number of carbonyl (C=O) groups is 1. The fourth-order valence-corrected chi connectivity index (χ4v) is 3.44. The lowest BCUT2D eigenvalue weighted by atomic mass is 10.2. The standard InChI is InChI=1S/C27H28N4O4/c1-4-34-23-14-8-20(9-15-23)28-25-18-26(29-21-10-16-24(17-11-21)35-5-2)31(30-25)27(32)19-6-12-22(33-3)13-7-19/h6-18,29H,4-5H2,1-3H3,(H,28,30). The summed E-state index contributed by atoms with van der Waals surface area (Å²) in [5.74, 6) is 3.00. The number of hydrogen-bond acceptors (Lipinski definition) is 7. The predicted octanol–water partition coefficient (Wildman–Crippen LogP) is 5.86. The minimum Gasteiger partial charge on any atom is -0.497 e. The van der Waals surface area contributed by atoms with Gasteiger partial charge in [-0.15, -0.1) is 5.10 Å². The second kappa shape index (κ2) is 11.1. The van der Waals surface area contributed by atoms with Crippen molar-refractivity contribution >= 4 is 28.9 Å². The van der Waals surface area contributed by atoms with Gasteiger partial charge in [-0.2, -0.15) is 4.68 Å². The molecule has 0 aliphatic heterocycles. The maximum Gasteiger partial charge on any atom is 0.280 e. The average molecular weight is 473 g/mol. The van der Waals surface area contributed by atoms with Gasteiger partial charge in [0.1, 0.15) is 23.1 Å². The molecule has 0 aliphatic rings. The van der Waals surface area contributed by atoms with Gasteiger partial charge in [0.2, 0.25) is 0 Å². The average Bonchev–Trinajstić information content (AvgIpc) is 3.28. The summed E-state index contributed by atoms with van der Waals surface area (Å²) in [4.78, 5) is 13.3. The smallest absolute Gasteiger partial charge is 0.280 e. The molecule has 1 aromatic heterocycles. The maximum atomic E-state index is 13.3. The van der Waals surface area contributed by atoms with Gasteiger partial charge in [-0.05, 0) is 86.6 Å². The van der Waals surface area contributed by atoms with Crippen LogP contribution in [0.3, 0.4) is 0 Å². The molecule has 4 rings (SSSR count). The largest absolute Gasteiger partial charge is 0.497 e. The van der Waals surface area contributed by atoms with Crippen LogP contribution in [-0.2, 0) is 0 Å². The Kier molecular flexibility index (Phi) is 7.52. The molecule has 8 heteroatoms. The number of ether oxygens (including phenoxy) is 3. The molecule has 35 heavy (non-hydrogen) atoms. The summed E-state index contributed by atoms with van der Waals surface area (Å²) in [7, 11) is 1.59. The fraction of sp³-hybridized carbons (Fsp3) is 0.185. The molecule has 0 radical (unpaired) electrons. The van der Waals surface area contributed by atoms with Crippen molar-refractivity contribution in [2.45, 2.75) is 13.8 Å². The highest BCUT2D eigenvalue weighted by atomic mass is 16.5. The summed E-state index contributed by atoms with van der Waals surface area (Å²) in [5, 5.41) is 11.1. The number of nitrogens with zero attached hydrogens (tertiary/aromatic N) is 2. The van der Waals surface area contributed by atoms with E-state index in [0.29, 0.717) is 36.2 Å². The zero-order valence-electron chi connectivity index (χ0n) is 19.9. The van der Waals surface area contributed by atoms with Crippen molar-refractivity contribution in [2.75, 3.05) is 31.0 Å². The number of benzene rings is 3. The van der Waals surface area contributed by atoms with Crippen LogP contribution in [0.5, 0.6) is 17.2 Å². The third-order valence-corrected chi connectivity index (χ3v) is 5.11. The van der Waals surface area contributed by atoms with Crippen LogP contribution in [0.2, 0.25) is 0 Å². The third-order valence-electron chi connectivity index (χ3n) is 5.11. The third kappa shape index (κ3) is 5.92. The summed E-state index contributed by atoms with van der Waals surface area (Å²) < 4.78 is 17.6. The Hall–Kier alpha value is -4.46. The van der Waals surface area contributed by atoms with Crippen LogP contribution in [0.4, 0.5) is 23.0 Å². The molecule has 1 heterocycles. The molecule has 0 unspecified atom stereocenters. The van der Waals surface area contributed by atoms with Crippen LogP contribution in [0, 0.1) is 0 Å². The van der Waals surface area contributed by atoms with Crippen LogP contribution in [-0.4, -0.2) is 36.0 Å². The van der Waals surface area contributed by atoms with Gasteiger partial charge in [-0.3, -0.25) is 4.79 Å². The summed E-state index contributed by atoms with van der Waals surface area (Å²) in [6.45, 7) is 5.08. The lowest BCUT2D eigenvalue weighted by Gasteiger charge is -2.10. The quantitative estimate of drug-likeness (QED) is 0.299. The van der Waals surface area contributed by atoms with Crippen molar-refractivity contribution in [3.63, 3.8) is 0 Å². The van der Waals surface area contributed by atoms with E-state index < -0.39 is 0 Å². The fourth-order valence-electron chi connectivity index (χ4n) is 3.44. The van der Waals surface area contributed by atoms with Crippen molar-refractivity contribution in [2.24, 2.45) is 0 Å². The number of rotatable bonds is 10. The topological polar surface area (TPSA) is 86.6 Å².